The summed E-state index contributed by atoms with van der Waals surface area (Å²) in [6.45, 7) is 2.07. The molecule has 0 saturated carbocycles. The van der Waals surface area contributed by atoms with E-state index in [9.17, 15) is 9.59 Å². The Labute approximate surface area is 95.9 Å². The number of quaternary nitrogens is 1. The average molecular weight is 226 g/mol. The normalized spacial score (nSPS) is 28.2. The number of carbonyl (C=O) groups is 2. The van der Waals surface area contributed by atoms with Crippen LogP contribution in [0.4, 0.5) is 0 Å². The van der Waals surface area contributed by atoms with E-state index < -0.39 is 0 Å². The fourth-order valence-corrected chi connectivity index (χ4v) is 2.71. The van der Waals surface area contributed by atoms with Crippen molar-refractivity contribution in [2.75, 3.05) is 27.2 Å². The smallest absolute Gasteiger partial charge is 0.302 e. The Morgan fingerprint density at radius 3 is 2.31 bits per heavy atom. The van der Waals surface area contributed by atoms with E-state index in [4.69, 9.17) is 0 Å². The number of likely N-dealkylation sites (tertiary alicyclic amines) is 1. The minimum absolute atomic E-state index is 0.0214. The van der Waals surface area contributed by atoms with E-state index >= 15 is 0 Å². The van der Waals surface area contributed by atoms with Crippen LogP contribution in [0.5, 0.6) is 0 Å². The van der Waals surface area contributed by atoms with Gasteiger partial charge in [0.2, 0.25) is 0 Å². The summed E-state index contributed by atoms with van der Waals surface area (Å²) in [5.41, 5.74) is 0. The van der Waals surface area contributed by atoms with Crippen molar-refractivity contribution >= 4 is 11.8 Å². The van der Waals surface area contributed by atoms with Gasteiger partial charge in [0.25, 0.3) is 5.91 Å². The van der Waals surface area contributed by atoms with Crippen molar-refractivity contribution in [3.63, 3.8) is 0 Å². The fourth-order valence-electron chi connectivity index (χ4n) is 2.71. The number of hydrazine groups is 1. The third-order valence-corrected chi connectivity index (χ3v) is 3.51. The maximum absolute atomic E-state index is 12.1. The lowest BCUT2D eigenvalue weighted by Crippen LogP contribution is -3.17. The molecule has 2 amide bonds. The molecule has 5 nitrogen and oxygen atoms in total. The highest BCUT2D eigenvalue weighted by molar-refractivity contribution is 6.04. The maximum Gasteiger partial charge on any atom is 0.302 e. The average Bonchev–Trinajstić information content (AvgIpc) is 2.55. The summed E-state index contributed by atoms with van der Waals surface area (Å²) in [6, 6.07) is -0.129. The molecule has 90 valence electrons. The van der Waals surface area contributed by atoms with E-state index in [-0.39, 0.29) is 17.9 Å². The van der Waals surface area contributed by atoms with E-state index in [1.807, 2.05) is 0 Å². The molecular formula is C11H20N3O2+. The first-order valence-electron chi connectivity index (χ1n) is 6.00. The van der Waals surface area contributed by atoms with Crippen molar-refractivity contribution in [3.8, 4) is 0 Å². The number of nitrogens with one attached hydrogen (secondary N) is 1. The molecule has 2 aliphatic rings. The van der Waals surface area contributed by atoms with Gasteiger partial charge in [0.15, 0.2) is 6.04 Å². The van der Waals surface area contributed by atoms with Crippen LogP contribution in [0.2, 0.25) is 0 Å². The van der Waals surface area contributed by atoms with Gasteiger partial charge in [0, 0.05) is 14.1 Å². The van der Waals surface area contributed by atoms with Gasteiger partial charge in [0.05, 0.1) is 19.5 Å². The Bertz CT molecular complexity index is 298. The first-order valence-corrected chi connectivity index (χ1v) is 6.00. The van der Waals surface area contributed by atoms with Crippen LogP contribution in [-0.2, 0) is 9.59 Å². The second kappa shape index (κ2) is 4.51. The lowest BCUT2D eigenvalue weighted by atomic mass is 10.1. The molecule has 2 rings (SSSR count). The molecule has 16 heavy (non-hydrogen) atoms. The van der Waals surface area contributed by atoms with Crippen LogP contribution >= 0.6 is 0 Å². The van der Waals surface area contributed by atoms with Gasteiger partial charge < -0.3 is 4.90 Å². The Morgan fingerprint density at radius 2 is 1.81 bits per heavy atom. The van der Waals surface area contributed by atoms with Crippen molar-refractivity contribution in [1.82, 2.24) is 10.0 Å². The Hall–Kier alpha value is -0.940. The number of imide groups is 1. The summed E-state index contributed by atoms with van der Waals surface area (Å²) in [6.07, 6.45) is 3.99. The Morgan fingerprint density at radius 1 is 1.19 bits per heavy atom. The summed E-state index contributed by atoms with van der Waals surface area (Å²) < 4.78 is 0. The van der Waals surface area contributed by atoms with Crippen molar-refractivity contribution in [2.45, 2.75) is 31.7 Å². The number of nitrogens with zero attached hydrogens (tertiary/aromatic N) is 2. The van der Waals surface area contributed by atoms with Crippen LogP contribution in [0.15, 0.2) is 0 Å². The minimum Gasteiger partial charge on any atom is -0.324 e. The largest absolute Gasteiger partial charge is 0.324 e. The van der Waals surface area contributed by atoms with Crippen LogP contribution in [-0.4, -0.2) is 55.1 Å². The first kappa shape index (κ1) is 11.5. The number of hydrogen-bond acceptors (Lipinski definition) is 3. The van der Waals surface area contributed by atoms with Crippen molar-refractivity contribution in [3.05, 3.63) is 0 Å². The quantitative estimate of drug-likeness (QED) is 0.593. The molecular weight excluding hydrogens is 206 g/mol. The molecule has 0 aromatic carbocycles. The Balaban J connectivity index is 2.07. The third kappa shape index (κ3) is 1.97. The molecule has 2 saturated heterocycles. The van der Waals surface area contributed by atoms with Gasteiger partial charge in [-0.25, -0.2) is 10.0 Å². The predicted octanol–water partition coefficient (Wildman–Crippen LogP) is -1.34. The van der Waals surface area contributed by atoms with Crippen LogP contribution in [0.3, 0.4) is 0 Å². The molecule has 0 spiro atoms. The number of piperidine rings is 1. The fraction of sp³-hybridized carbons (Fsp3) is 0.818. The summed E-state index contributed by atoms with van der Waals surface area (Å²) in [7, 11) is 3.48. The standard InChI is InChI=1S/C11H19N3O2/c1-12(2)14-10(15)8-9(11(14)16)13-6-4-3-5-7-13/h9H,3-8H2,1-2H3/p+1/t9-/m0/s1. The summed E-state index contributed by atoms with van der Waals surface area (Å²) in [5, 5.41) is 2.88. The molecule has 1 N–H and O–H groups in total. The molecule has 2 aliphatic heterocycles. The number of carbonyl (C=O) groups excluding carboxylic acids is 2. The monoisotopic (exact) mass is 226 g/mol. The van der Waals surface area contributed by atoms with Gasteiger partial charge in [-0.05, 0) is 19.3 Å². The number of hydrogen-bond donors (Lipinski definition) is 1. The lowest BCUT2D eigenvalue weighted by Gasteiger charge is -2.28. The molecule has 0 unspecified atom stereocenters. The van der Waals surface area contributed by atoms with Gasteiger partial charge in [-0.2, -0.15) is 0 Å². The summed E-state index contributed by atoms with van der Waals surface area (Å²) >= 11 is 0. The minimum atomic E-state index is -0.129. The van der Waals surface area contributed by atoms with E-state index in [0.29, 0.717) is 6.42 Å². The van der Waals surface area contributed by atoms with Gasteiger partial charge in [-0.15, -0.1) is 0 Å². The molecule has 0 aliphatic carbocycles. The highest BCUT2D eigenvalue weighted by Crippen LogP contribution is 2.12. The molecule has 2 fully saturated rings. The Kier molecular flexibility index (Phi) is 3.25. The molecule has 0 bridgehead atoms. The second-order valence-electron chi connectivity index (χ2n) is 4.87. The van der Waals surface area contributed by atoms with Gasteiger partial charge >= 0.3 is 5.91 Å². The first-order chi connectivity index (χ1) is 7.61. The molecule has 2 heterocycles. The third-order valence-electron chi connectivity index (χ3n) is 3.51. The van der Waals surface area contributed by atoms with Crippen LogP contribution < -0.4 is 4.90 Å². The molecule has 0 aromatic rings. The van der Waals surface area contributed by atoms with Crippen LogP contribution in [0.1, 0.15) is 25.7 Å². The van der Waals surface area contributed by atoms with Crippen molar-refractivity contribution < 1.29 is 14.5 Å². The molecule has 0 aromatic heterocycles. The highest BCUT2D eigenvalue weighted by atomic mass is 16.2. The molecule has 0 radical (unpaired) electrons. The van der Waals surface area contributed by atoms with Gasteiger partial charge in [-0.1, -0.05) is 0 Å². The van der Waals surface area contributed by atoms with Gasteiger partial charge in [0.1, 0.15) is 0 Å². The molecule has 1 atom stereocenters. The summed E-state index contributed by atoms with van der Waals surface area (Å²) in [5.74, 6) is -0.0787. The zero-order valence-corrected chi connectivity index (χ0v) is 10.0. The predicted molar refractivity (Wildman–Crippen MR) is 58.5 cm³/mol. The highest BCUT2D eigenvalue weighted by Gasteiger charge is 2.46. The topological polar surface area (TPSA) is 45.1 Å². The maximum atomic E-state index is 12.1. The zero-order valence-electron chi connectivity index (χ0n) is 10.0. The van der Waals surface area contributed by atoms with Crippen LogP contribution in [0.25, 0.3) is 0 Å². The van der Waals surface area contributed by atoms with Crippen molar-refractivity contribution in [2.24, 2.45) is 0 Å². The van der Waals surface area contributed by atoms with Gasteiger partial charge in [-0.3, -0.25) is 9.59 Å². The second-order valence-corrected chi connectivity index (χ2v) is 4.87. The zero-order chi connectivity index (χ0) is 11.7. The van der Waals surface area contributed by atoms with Crippen LogP contribution in [0, 0.1) is 0 Å². The number of amides is 2. The number of rotatable bonds is 2. The van der Waals surface area contributed by atoms with E-state index in [1.165, 1.54) is 29.2 Å². The van der Waals surface area contributed by atoms with E-state index in [0.717, 1.165) is 13.1 Å². The lowest BCUT2D eigenvalue weighted by molar-refractivity contribution is -0.919. The molecule has 5 heteroatoms. The summed E-state index contributed by atoms with van der Waals surface area (Å²) in [4.78, 5) is 25.1. The van der Waals surface area contributed by atoms with Crippen molar-refractivity contribution in [1.29, 1.82) is 0 Å². The van der Waals surface area contributed by atoms with E-state index in [1.54, 1.807) is 19.1 Å². The van der Waals surface area contributed by atoms with E-state index in [2.05, 4.69) is 0 Å². The SMILES string of the molecule is CN(C)N1C(=O)C[C@H]([NH+]2CCCCC2)C1=O.